The molecule has 1 atom stereocenters. The molecule has 2 heteroatoms. The summed E-state index contributed by atoms with van der Waals surface area (Å²) in [5.74, 6) is 0. The van der Waals surface area contributed by atoms with Gasteiger partial charge < -0.3 is 5.32 Å². The topological polar surface area (TPSA) is 24.4 Å². The maximum Gasteiger partial charge on any atom is 0.0828 e. The lowest BCUT2D eigenvalue weighted by atomic mass is 9.83. The highest BCUT2D eigenvalue weighted by atomic mass is 15.0. The van der Waals surface area contributed by atoms with Gasteiger partial charge in [-0.15, -0.1) is 0 Å². The number of hydrogen-bond acceptors (Lipinski definition) is 1. The lowest BCUT2D eigenvalue weighted by Gasteiger charge is -2.23. The van der Waals surface area contributed by atoms with Crippen molar-refractivity contribution in [3.63, 3.8) is 0 Å². The van der Waals surface area contributed by atoms with Crippen molar-refractivity contribution in [3.05, 3.63) is 11.6 Å². The maximum absolute atomic E-state index is 4.24. The third-order valence-corrected chi connectivity index (χ3v) is 3.73. The van der Waals surface area contributed by atoms with E-state index in [9.17, 15) is 0 Å². The van der Waals surface area contributed by atoms with Crippen LogP contribution >= 0.6 is 0 Å². The summed E-state index contributed by atoms with van der Waals surface area (Å²) in [4.78, 5) is 4.24. The molecule has 0 aromatic carbocycles. The van der Waals surface area contributed by atoms with E-state index in [0.717, 1.165) is 6.54 Å². The minimum Gasteiger partial charge on any atom is -0.370 e. The first-order chi connectivity index (χ1) is 8.05. The smallest absolute Gasteiger partial charge is 0.0828 e. The summed E-state index contributed by atoms with van der Waals surface area (Å²) in [6, 6.07) is 0.485. The van der Waals surface area contributed by atoms with E-state index in [1.54, 1.807) is 0 Å². The zero-order chi connectivity index (χ0) is 12.7. The normalized spacial score (nSPS) is 25.9. The van der Waals surface area contributed by atoms with Gasteiger partial charge in [-0.05, 0) is 44.9 Å². The average molecular weight is 236 g/mol. The summed E-state index contributed by atoms with van der Waals surface area (Å²) in [6.45, 7) is 9.95. The zero-order valence-electron chi connectivity index (χ0n) is 11.9. The molecular formula is C15H28N2. The molecule has 0 aromatic heterocycles. The zero-order valence-corrected chi connectivity index (χ0v) is 11.9. The molecule has 0 aromatic rings. The molecular weight excluding hydrogens is 208 g/mol. The van der Waals surface area contributed by atoms with Crippen LogP contribution in [-0.2, 0) is 0 Å². The first-order valence-corrected chi connectivity index (χ1v) is 6.96. The van der Waals surface area contributed by atoms with E-state index in [1.807, 2.05) is 6.34 Å². The molecule has 98 valence electrons. The van der Waals surface area contributed by atoms with Gasteiger partial charge in [0.1, 0.15) is 0 Å². The standard InChI is InChI=1S/C15H28N2/c1-5-16-12-17-14-9-7-11-15(3,4)10-6-8-13(14)2/h8,12,14H,5-7,9-11H2,1-4H3,(H,16,17). The molecule has 0 amide bonds. The Balaban J connectivity index is 2.59. The number of nitrogens with one attached hydrogen (secondary N) is 1. The van der Waals surface area contributed by atoms with E-state index in [1.165, 1.54) is 37.7 Å². The second-order valence-corrected chi connectivity index (χ2v) is 5.89. The van der Waals surface area contributed by atoms with E-state index >= 15 is 0 Å². The van der Waals surface area contributed by atoms with Gasteiger partial charge in [0, 0.05) is 12.6 Å². The largest absolute Gasteiger partial charge is 0.370 e. The Morgan fingerprint density at radius 2 is 2.24 bits per heavy atom. The van der Waals surface area contributed by atoms with Crippen LogP contribution in [0.2, 0.25) is 0 Å². The molecule has 1 unspecified atom stereocenters. The molecule has 1 aliphatic rings. The molecule has 0 bridgehead atoms. The number of allylic oxidation sites excluding steroid dienone is 1. The van der Waals surface area contributed by atoms with Gasteiger partial charge in [0.25, 0.3) is 0 Å². The number of rotatable bonds is 3. The Kier molecular flexibility index (Phi) is 5.73. The van der Waals surface area contributed by atoms with Crippen molar-refractivity contribution >= 4 is 6.34 Å². The first kappa shape index (κ1) is 14.3. The van der Waals surface area contributed by atoms with Gasteiger partial charge >= 0.3 is 0 Å². The second kappa shape index (κ2) is 6.83. The maximum atomic E-state index is 4.24. The minimum absolute atomic E-state index is 0.485. The summed E-state index contributed by atoms with van der Waals surface area (Å²) in [6.07, 6.45) is 10.7. The van der Waals surface area contributed by atoms with Gasteiger partial charge in [0.05, 0.1) is 6.34 Å². The molecule has 0 radical (unpaired) electrons. The highest BCUT2D eigenvalue weighted by molar-refractivity contribution is 5.55. The summed E-state index contributed by atoms with van der Waals surface area (Å²) in [7, 11) is 0. The van der Waals surface area contributed by atoms with Crippen LogP contribution in [0.25, 0.3) is 0 Å². The van der Waals surface area contributed by atoms with Crippen LogP contribution in [0.5, 0.6) is 0 Å². The molecule has 1 aliphatic carbocycles. The Morgan fingerprint density at radius 1 is 1.47 bits per heavy atom. The molecule has 1 rings (SSSR count). The Labute approximate surface area is 107 Å². The summed E-state index contributed by atoms with van der Waals surface area (Å²) < 4.78 is 0. The van der Waals surface area contributed by atoms with E-state index < -0.39 is 0 Å². The number of aliphatic imine (C=N–C) groups is 1. The summed E-state index contributed by atoms with van der Waals surface area (Å²) >= 11 is 0. The molecule has 0 heterocycles. The van der Waals surface area contributed by atoms with Crippen LogP contribution in [0.1, 0.15) is 59.8 Å². The Bertz CT molecular complexity index is 277. The summed E-state index contributed by atoms with van der Waals surface area (Å²) in [5, 5.41) is 3.44. The van der Waals surface area contributed by atoms with Crippen LogP contribution in [0.3, 0.4) is 0 Å². The number of nitrogens with zero attached hydrogens (tertiary/aromatic N) is 1. The second-order valence-electron chi connectivity index (χ2n) is 5.89. The third-order valence-electron chi connectivity index (χ3n) is 3.73. The third kappa shape index (κ3) is 5.38. The van der Waals surface area contributed by atoms with Crippen molar-refractivity contribution in [3.8, 4) is 0 Å². The van der Waals surface area contributed by atoms with Crippen molar-refractivity contribution in [2.24, 2.45) is 10.4 Å². The minimum atomic E-state index is 0.485. The van der Waals surface area contributed by atoms with Crippen molar-refractivity contribution in [2.75, 3.05) is 6.54 Å². The van der Waals surface area contributed by atoms with Gasteiger partial charge in [-0.25, -0.2) is 0 Å². The van der Waals surface area contributed by atoms with Gasteiger partial charge in [-0.3, -0.25) is 4.99 Å². The SMILES string of the molecule is CCN=CNC1CCCC(C)(C)CCC=C1C. The predicted octanol–water partition coefficient (Wildman–Crippen LogP) is 3.93. The van der Waals surface area contributed by atoms with Crippen molar-refractivity contribution in [1.29, 1.82) is 0 Å². The quantitative estimate of drug-likeness (QED) is 0.448. The fourth-order valence-electron chi connectivity index (χ4n) is 2.42. The number of hydrogen-bond donors (Lipinski definition) is 1. The van der Waals surface area contributed by atoms with Crippen LogP contribution in [0, 0.1) is 5.41 Å². The van der Waals surface area contributed by atoms with Gasteiger partial charge in [-0.1, -0.05) is 31.9 Å². The molecule has 0 spiro atoms. The molecule has 1 N–H and O–H groups in total. The molecule has 0 saturated carbocycles. The predicted molar refractivity (Wildman–Crippen MR) is 76.6 cm³/mol. The van der Waals surface area contributed by atoms with Crippen LogP contribution in [0.4, 0.5) is 0 Å². The summed E-state index contributed by atoms with van der Waals surface area (Å²) in [5.41, 5.74) is 1.98. The monoisotopic (exact) mass is 236 g/mol. The Morgan fingerprint density at radius 3 is 2.94 bits per heavy atom. The lowest BCUT2D eigenvalue weighted by Crippen LogP contribution is -2.29. The van der Waals surface area contributed by atoms with Crippen molar-refractivity contribution in [2.45, 2.75) is 65.8 Å². The van der Waals surface area contributed by atoms with Crippen molar-refractivity contribution < 1.29 is 0 Å². The van der Waals surface area contributed by atoms with Crippen molar-refractivity contribution in [1.82, 2.24) is 5.32 Å². The van der Waals surface area contributed by atoms with Gasteiger partial charge in [0.2, 0.25) is 0 Å². The van der Waals surface area contributed by atoms with Gasteiger partial charge in [-0.2, -0.15) is 0 Å². The molecule has 2 nitrogen and oxygen atoms in total. The molecule has 0 saturated heterocycles. The Hall–Kier alpha value is -0.790. The van der Waals surface area contributed by atoms with Crippen LogP contribution in [0.15, 0.2) is 16.6 Å². The molecule has 0 fully saturated rings. The highest BCUT2D eigenvalue weighted by Crippen LogP contribution is 2.31. The van der Waals surface area contributed by atoms with E-state index in [4.69, 9.17) is 0 Å². The lowest BCUT2D eigenvalue weighted by molar-refractivity contribution is 0.298. The molecule has 17 heavy (non-hydrogen) atoms. The van der Waals surface area contributed by atoms with E-state index in [-0.39, 0.29) is 0 Å². The van der Waals surface area contributed by atoms with Gasteiger partial charge in [0.15, 0.2) is 0 Å². The average Bonchev–Trinajstić information content (AvgIpc) is 2.31. The fourth-order valence-corrected chi connectivity index (χ4v) is 2.42. The highest BCUT2D eigenvalue weighted by Gasteiger charge is 2.20. The van der Waals surface area contributed by atoms with E-state index in [0.29, 0.717) is 11.5 Å². The first-order valence-electron chi connectivity index (χ1n) is 6.96. The van der Waals surface area contributed by atoms with Crippen LogP contribution in [-0.4, -0.2) is 18.9 Å². The van der Waals surface area contributed by atoms with Crippen LogP contribution < -0.4 is 5.32 Å². The van der Waals surface area contributed by atoms with E-state index in [2.05, 4.69) is 44.1 Å². The fraction of sp³-hybridized carbons (Fsp3) is 0.800. The molecule has 0 aliphatic heterocycles.